The van der Waals surface area contributed by atoms with Gasteiger partial charge in [-0.3, -0.25) is 9.88 Å². The standard InChI is InChI=1S/C22H30N2O/c1-3-25-18-22(11-10-20-8-6-19(2)7-9-20)12-14-24(17-22)16-21-5-4-13-23-15-21/h4-9,13,15H,3,10-12,14,16-18H2,1-2H3/t22-/m0/s1. The Morgan fingerprint density at radius 1 is 1.16 bits per heavy atom. The molecule has 1 aliphatic heterocycles. The van der Waals surface area contributed by atoms with Gasteiger partial charge in [-0.15, -0.1) is 0 Å². The van der Waals surface area contributed by atoms with Crippen LogP contribution in [0.2, 0.25) is 0 Å². The zero-order chi connectivity index (χ0) is 17.5. The minimum atomic E-state index is 0.281. The summed E-state index contributed by atoms with van der Waals surface area (Å²) in [5.41, 5.74) is 4.35. The highest BCUT2D eigenvalue weighted by molar-refractivity contribution is 5.21. The van der Waals surface area contributed by atoms with E-state index in [-0.39, 0.29) is 5.41 Å². The van der Waals surface area contributed by atoms with Crippen molar-refractivity contribution in [3.8, 4) is 0 Å². The molecule has 1 aliphatic rings. The van der Waals surface area contributed by atoms with Crippen molar-refractivity contribution in [3.63, 3.8) is 0 Å². The second kappa shape index (κ2) is 8.59. The molecule has 0 unspecified atom stereocenters. The Labute approximate surface area is 152 Å². The van der Waals surface area contributed by atoms with Crippen LogP contribution in [-0.2, 0) is 17.7 Å². The lowest BCUT2D eigenvalue weighted by atomic mass is 9.82. The van der Waals surface area contributed by atoms with E-state index in [9.17, 15) is 0 Å². The van der Waals surface area contributed by atoms with E-state index in [0.717, 1.165) is 39.3 Å². The minimum absolute atomic E-state index is 0.281. The van der Waals surface area contributed by atoms with Crippen LogP contribution in [0, 0.1) is 12.3 Å². The van der Waals surface area contributed by atoms with Crippen LogP contribution in [0.5, 0.6) is 0 Å². The van der Waals surface area contributed by atoms with Crippen molar-refractivity contribution < 1.29 is 4.74 Å². The number of hydrogen-bond donors (Lipinski definition) is 0. The van der Waals surface area contributed by atoms with Gasteiger partial charge in [-0.05, 0) is 56.8 Å². The Balaban J connectivity index is 1.61. The van der Waals surface area contributed by atoms with E-state index in [1.807, 2.05) is 18.5 Å². The number of aryl methyl sites for hydroxylation is 2. The van der Waals surface area contributed by atoms with Gasteiger partial charge in [0.25, 0.3) is 0 Å². The molecule has 3 rings (SSSR count). The van der Waals surface area contributed by atoms with Crippen LogP contribution >= 0.6 is 0 Å². The summed E-state index contributed by atoms with van der Waals surface area (Å²) in [4.78, 5) is 6.81. The van der Waals surface area contributed by atoms with Gasteiger partial charge in [0.15, 0.2) is 0 Å². The van der Waals surface area contributed by atoms with Gasteiger partial charge in [-0.25, -0.2) is 0 Å². The largest absolute Gasteiger partial charge is 0.381 e. The average molecular weight is 338 g/mol. The van der Waals surface area contributed by atoms with Crippen molar-refractivity contribution in [1.82, 2.24) is 9.88 Å². The molecule has 0 bridgehead atoms. The average Bonchev–Trinajstić information content (AvgIpc) is 3.04. The molecule has 0 spiro atoms. The number of hydrogen-bond acceptors (Lipinski definition) is 3. The van der Waals surface area contributed by atoms with Gasteiger partial charge in [0.05, 0.1) is 6.61 Å². The number of likely N-dealkylation sites (tertiary alicyclic amines) is 1. The zero-order valence-corrected chi connectivity index (χ0v) is 15.6. The second-order valence-electron chi connectivity index (χ2n) is 7.44. The highest BCUT2D eigenvalue weighted by atomic mass is 16.5. The Morgan fingerprint density at radius 3 is 2.72 bits per heavy atom. The number of pyridine rings is 1. The first kappa shape index (κ1) is 18.1. The molecule has 0 saturated carbocycles. The Hall–Kier alpha value is -1.71. The lowest BCUT2D eigenvalue weighted by molar-refractivity contribution is 0.0489. The SMILES string of the molecule is CCOC[C@@]1(CCc2ccc(C)cc2)CCN(Cc2cccnc2)C1. The van der Waals surface area contributed by atoms with Gasteiger partial charge in [-0.2, -0.15) is 0 Å². The molecular weight excluding hydrogens is 308 g/mol. The topological polar surface area (TPSA) is 25.4 Å². The molecule has 0 radical (unpaired) electrons. The third kappa shape index (κ3) is 5.13. The molecule has 2 heterocycles. The summed E-state index contributed by atoms with van der Waals surface area (Å²) in [6, 6.07) is 13.2. The lowest BCUT2D eigenvalue weighted by Gasteiger charge is -2.29. The molecule has 25 heavy (non-hydrogen) atoms. The number of benzene rings is 1. The van der Waals surface area contributed by atoms with Crippen molar-refractivity contribution >= 4 is 0 Å². The van der Waals surface area contributed by atoms with Crippen LogP contribution < -0.4 is 0 Å². The van der Waals surface area contributed by atoms with E-state index in [2.05, 4.69) is 54.1 Å². The zero-order valence-electron chi connectivity index (χ0n) is 15.6. The van der Waals surface area contributed by atoms with Gasteiger partial charge < -0.3 is 4.74 Å². The van der Waals surface area contributed by atoms with E-state index in [0.29, 0.717) is 0 Å². The fraction of sp³-hybridized carbons (Fsp3) is 0.500. The first-order valence-electron chi connectivity index (χ1n) is 9.44. The van der Waals surface area contributed by atoms with E-state index in [1.165, 1.54) is 29.5 Å². The van der Waals surface area contributed by atoms with Crippen LogP contribution in [-0.4, -0.2) is 36.2 Å². The summed E-state index contributed by atoms with van der Waals surface area (Å²) >= 11 is 0. The molecule has 0 amide bonds. The van der Waals surface area contributed by atoms with Gasteiger partial charge in [0.1, 0.15) is 0 Å². The molecule has 1 atom stereocenters. The van der Waals surface area contributed by atoms with Crippen molar-refractivity contribution in [3.05, 3.63) is 65.5 Å². The van der Waals surface area contributed by atoms with Crippen molar-refractivity contribution in [2.75, 3.05) is 26.3 Å². The van der Waals surface area contributed by atoms with Gasteiger partial charge >= 0.3 is 0 Å². The third-order valence-corrected chi connectivity index (χ3v) is 5.32. The van der Waals surface area contributed by atoms with Crippen molar-refractivity contribution in [1.29, 1.82) is 0 Å². The van der Waals surface area contributed by atoms with Gasteiger partial charge in [0, 0.05) is 37.5 Å². The van der Waals surface area contributed by atoms with Crippen molar-refractivity contribution in [2.45, 2.75) is 39.7 Å². The summed E-state index contributed by atoms with van der Waals surface area (Å²) in [5.74, 6) is 0. The Bertz CT molecular complexity index is 641. The molecule has 0 aliphatic carbocycles. The lowest BCUT2D eigenvalue weighted by Crippen LogP contribution is -2.32. The fourth-order valence-corrected chi connectivity index (χ4v) is 3.79. The second-order valence-corrected chi connectivity index (χ2v) is 7.44. The predicted molar refractivity (Wildman–Crippen MR) is 103 cm³/mol. The fourth-order valence-electron chi connectivity index (χ4n) is 3.79. The summed E-state index contributed by atoms with van der Waals surface area (Å²) in [7, 11) is 0. The van der Waals surface area contributed by atoms with Crippen LogP contribution in [0.25, 0.3) is 0 Å². The Morgan fingerprint density at radius 2 is 2.00 bits per heavy atom. The molecule has 3 heteroatoms. The van der Waals surface area contributed by atoms with E-state index in [1.54, 1.807) is 0 Å². The maximum Gasteiger partial charge on any atom is 0.0535 e. The number of rotatable bonds is 8. The molecule has 1 saturated heterocycles. The van der Waals surface area contributed by atoms with Crippen LogP contribution in [0.1, 0.15) is 36.5 Å². The van der Waals surface area contributed by atoms with Gasteiger partial charge in [-0.1, -0.05) is 35.9 Å². The molecule has 0 N–H and O–H groups in total. The monoisotopic (exact) mass is 338 g/mol. The molecular formula is C22H30N2O. The maximum absolute atomic E-state index is 5.89. The maximum atomic E-state index is 5.89. The van der Waals surface area contributed by atoms with Crippen LogP contribution in [0.15, 0.2) is 48.8 Å². The highest BCUT2D eigenvalue weighted by Crippen LogP contribution is 2.36. The summed E-state index contributed by atoms with van der Waals surface area (Å²) in [5, 5.41) is 0. The first-order valence-corrected chi connectivity index (χ1v) is 9.44. The highest BCUT2D eigenvalue weighted by Gasteiger charge is 2.37. The summed E-state index contributed by atoms with van der Waals surface area (Å²) in [6.45, 7) is 9.17. The predicted octanol–water partition coefficient (Wildman–Crippen LogP) is 4.25. The minimum Gasteiger partial charge on any atom is -0.381 e. The van der Waals surface area contributed by atoms with Crippen molar-refractivity contribution in [2.24, 2.45) is 5.41 Å². The quantitative estimate of drug-likeness (QED) is 0.719. The third-order valence-electron chi connectivity index (χ3n) is 5.32. The molecule has 2 aromatic rings. The van der Waals surface area contributed by atoms with E-state index in [4.69, 9.17) is 4.74 Å². The number of aromatic nitrogens is 1. The van der Waals surface area contributed by atoms with Gasteiger partial charge in [0.2, 0.25) is 0 Å². The Kier molecular flexibility index (Phi) is 6.22. The molecule has 3 nitrogen and oxygen atoms in total. The van der Waals surface area contributed by atoms with Crippen LogP contribution in [0.3, 0.4) is 0 Å². The molecule has 134 valence electrons. The van der Waals surface area contributed by atoms with Crippen LogP contribution in [0.4, 0.5) is 0 Å². The number of ether oxygens (including phenoxy) is 1. The normalized spacial score (nSPS) is 20.9. The first-order chi connectivity index (χ1) is 12.2. The smallest absolute Gasteiger partial charge is 0.0535 e. The summed E-state index contributed by atoms with van der Waals surface area (Å²) < 4.78 is 5.89. The van der Waals surface area contributed by atoms with E-state index < -0.39 is 0 Å². The molecule has 1 aromatic heterocycles. The molecule has 1 fully saturated rings. The number of nitrogens with zero attached hydrogens (tertiary/aromatic N) is 2. The summed E-state index contributed by atoms with van der Waals surface area (Å²) in [6.07, 6.45) is 7.37. The van der Waals surface area contributed by atoms with E-state index >= 15 is 0 Å². The molecule has 1 aromatic carbocycles.